The summed E-state index contributed by atoms with van der Waals surface area (Å²) < 4.78 is 70.6. The molecule has 0 saturated heterocycles. The average molecular weight is 783 g/mol. The fourth-order valence-electron chi connectivity index (χ4n) is 4.65. The highest BCUT2D eigenvalue weighted by atomic mass is 16.6. The zero-order chi connectivity index (χ0) is 38.9. The molecular weight excluding hydrogens is 704 g/mol. The van der Waals surface area contributed by atoms with Gasteiger partial charge in [-0.05, 0) is 6.42 Å². The SMILES string of the molecule is C=CC(=O)OCCOCCOCCOCCOCCOCCOCCOCCOCCOCCOCCOCCOCCCCCCCCCCCCC. The van der Waals surface area contributed by atoms with Gasteiger partial charge >= 0.3 is 5.97 Å². The van der Waals surface area contributed by atoms with Crippen molar-refractivity contribution >= 4 is 5.97 Å². The van der Waals surface area contributed by atoms with E-state index in [-0.39, 0.29) is 6.61 Å². The van der Waals surface area contributed by atoms with Crippen molar-refractivity contribution in [3.05, 3.63) is 12.7 Å². The maximum Gasteiger partial charge on any atom is 0.330 e. The molecule has 0 aliphatic heterocycles. The molecule has 0 heterocycles. The van der Waals surface area contributed by atoms with E-state index in [1.165, 1.54) is 64.2 Å². The van der Waals surface area contributed by atoms with Gasteiger partial charge in [0.25, 0.3) is 0 Å². The van der Waals surface area contributed by atoms with Crippen LogP contribution < -0.4 is 0 Å². The van der Waals surface area contributed by atoms with Crippen molar-refractivity contribution in [2.45, 2.75) is 77.6 Å². The predicted octanol–water partition coefficient (Wildman–Crippen LogP) is 5.23. The van der Waals surface area contributed by atoms with E-state index in [1.807, 2.05) is 0 Å². The molecule has 0 radical (unpaired) electrons. The van der Waals surface area contributed by atoms with Crippen LogP contribution >= 0.6 is 0 Å². The smallest absolute Gasteiger partial charge is 0.330 e. The minimum Gasteiger partial charge on any atom is -0.460 e. The van der Waals surface area contributed by atoms with Gasteiger partial charge in [-0.15, -0.1) is 0 Å². The first-order valence-corrected chi connectivity index (χ1v) is 20.5. The lowest BCUT2D eigenvalue weighted by Crippen LogP contribution is -2.15. The zero-order valence-corrected chi connectivity index (χ0v) is 34.0. The Kier molecular flexibility index (Phi) is 48.6. The number of ether oxygens (including phenoxy) is 13. The van der Waals surface area contributed by atoms with Crippen molar-refractivity contribution in [2.75, 3.05) is 165 Å². The summed E-state index contributed by atoms with van der Waals surface area (Å²) in [4.78, 5) is 10.9. The molecule has 0 aliphatic carbocycles. The van der Waals surface area contributed by atoms with Crippen LogP contribution in [0.3, 0.4) is 0 Å². The Bertz CT molecular complexity index is 718. The maximum atomic E-state index is 10.9. The molecule has 0 atom stereocenters. The molecule has 0 aromatic rings. The first kappa shape index (κ1) is 52.7. The van der Waals surface area contributed by atoms with Crippen LogP contribution in [-0.2, 0) is 66.4 Å². The minimum absolute atomic E-state index is 0.199. The molecule has 14 nitrogen and oxygen atoms in total. The van der Waals surface area contributed by atoms with Gasteiger partial charge in [-0.2, -0.15) is 0 Å². The number of unbranched alkanes of at least 4 members (excludes halogenated alkanes) is 10. The first-order valence-electron chi connectivity index (χ1n) is 20.5. The first-order chi connectivity index (χ1) is 26.8. The standard InChI is InChI=1S/C40H78O14/c1-3-5-6-7-8-9-10-11-12-13-14-15-42-16-17-43-18-19-44-20-21-45-22-23-46-24-25-47-26-27-48-28-29-49-30-31-50-32-33-51-34-35-52-36-37-53-38-39-54-40(41)4-2/h4H,2-3,5-39H2,1H3. The number of hydrogen-bond donors (Lipinski definition) is 0. The summed E-state index contributed by atoms with van der Waals surface area (Å²) >= 11 is 0. The highest BCUT2D eigenvalue weighted by Crippen LogP contribution is 2.11. The van der Waals surface area contributed by atoms with Gasteiger partial charge in [0, 0.05) is 12.7 Å². The summed E-state index contributed by atoms with van der Waals surface area (Å²) in [6.45, 7) is 18.2. The molecule has 0 amide bonds. The van der Waals surface area contributed by atoms with Crippen LogP contribution in [0.2, 0.25) is 0 Å². The van der Waals surface area contributed by atoms with Gasteiger partial charge in [0.2, 0.25) is 0 Å². The third kappa shape index (κ3) is 48.7. The topological polar surface area (TPSA) is 137 Å². The Hall–Kier alpha value is -1.27. The monoisotopic (exact) mass is 783 g/mol. The number of carbonyl (C=O) groups is 1. The second-order valence-corrected chi connectivity index (χ2v) is 12.3. The van der Waals surface area contributed by atoms with Crippen LogP contribution in [0.4, 0.5) is 0 Å². The van der Waals surface area contributed by atoms with E-state index >= 15 is 0 Å². The Balaban J connectivity index is 3.06. The summed E-state index contributed by atoms with van der Waals surface area (Å²) in [6.07, 6.45) is 15.9. The molecule has 0 N–H and O–H groups in total. The van der Waals surface area contributed by atoms with E-state index in [0.29, 0.717) is 152 Å². The second kappa shape index (κ2) is 49.7. The zero-order valence-electron chi connectivity index (χ0n) is 34.0. The van der Waals surface area contributed by atoms with Crippen molar-refractivity contribution in [2.24, 2.45) is 0 Å². The van der Waals surface area contributed by atoms with Crippen molar-refractivity contribution in [3.63, 3.8) is 0 Å². The minimum atomic E-state index is -0.458. The molecule has 0 bridgehead atoms. The Morgan fingerprint density at radius 3 is 0.759 bits per heavy atom. The Morgan fingerprint density at radius 2 is 0.519 bits per heavy atom. The lowest BCUT2D eigenvalue weighted by molar-refractivity contribution is -0.139. The summed E-state index contributed by atoms with van der Waals surface area (Å²) in [7, 11) is 0. The molecule has 54 heavy (non-hydrogen) atoms. The fraction of sp³-hybridized carbons (Fsp3) is 0.925. The van der Waals surface area contributed by atoms with Crippen LogP contribution in [-0.4, -0.2) is 171 Å². The van der Waals surface area contributed by atoms with E-state index in [1.54, 1.807) is 0 Å². The van der Waals surface area contributed by atoms with Crippen LogP contribution in [0, 0.1) is 0 Å². The molecular formula is C40H78O14. The van der Waals surface area contributed by atoms with E-state index in [9.17, 15) is 4.79 Å². The van der Waals surface area contributed by atoms with Gasteiger partial charge in [-0.3, -0.25) is 0 Å². The molecule has 0 unspecified atom stereocenters. The summed E-state index contributed by atoms with van der Waals surface area (Å²) in [5.41, 5.74) is 0. The fourth-order valence-corrected chi connectivity index (χ4v) is 4.65. The van der Waals surface area contributed by atoms with Crippen molar-refractivity contribution < 1.29 is 66.4 Å². The lowest BCUT2D eigenvalue weighted by Gasteiger charge is -2.09. The third-order valence-corrected chi connectivity index (χ3v) is 7.62. The molecule has 0 rings (SSSR count). The molecule has 0 spiro atoms. The predicted molar refractivity (Wildman–Crippen MR) is 207 cm³/mol. The maximum absolute atomic E-state index is 10.9. The van der Waals surface area contributed by atoms with E-state index in [2.05, 4.69) is 13.5 Å². The van der Waals surface area contributed by atoms with Gasteiger partial charge in [0.15, 0.2) is 0 Å². The van der Waals surface area contributed by atoms with Crippen molar-refractivity contribution in [1.82, 2.24) is 0 Å². The summed E-state index contributed by atoms with van der Waals surface area (Å²) in [6, 6.07) is 0. The highest BCUT2D eigenvalue weighted by molar-refractivity contribution is 5.81. The van der Waals surface area contributed by atoms with Crippen LogP contribution in [0.5, 0.6) is 0 Å². The van der Waals surface area contributed by atoms with E-state index < -0.39 is 5.97 Å². The Morgan fingerprint density at radius 1 is 0.315 bits per heavy atom. The molecule has 0 aromatic carbocycles. The molecule has 0 aromatic heterocycles. The quantitative estimate of drug-likeness (QED) is 0.0453. The molecule has 14 heteroatoms. The molecule has 0 aliphatic rings. The van der Waals surface area contributed by atoms with Gasteiger partial charge < -0.3 is 61.6 Å². The van der Waals surface area contributed by atoms with Crippen molar-refractivity contribution in [3.8, 4) is 0 Å². The van der Waals surface area contributed by atoms with Gasteiger partial charge in [-0.25, -0.2) is 4.79 Å². The largest absolute Gasteiger partial charge is 0.460 e. The number of rotatable bonds is 49. The Labute approximate surface area is 327 Å². The number of hydrogen-bond acceptors (Lipinski definition) is 14. The molecule has 322 valence electrons. The number of esters is 1. The molecule has 0 fully saturated rings. The summed E-state index contributed by atoms with van der Waals surface area (Å²) in [5, 5.41) is 0. The van der Waals surface area contributed by atoms with E-state index in [4.69, 9.17) is 61.6 Å². The van der Waals surface area contributed by atoms with Gasteiger partial charge in [-0.1, -0.05) is 77.7 Å². The summed E-state index contributed by atoms with van der Waals surface area (Å²) in [5.74, 6) is -0.458. The number of carbonyl (C=O) groups excluding carboxylic acids is 1. The van der Waals surface area contributed by atoms with Crippen molar-refractivity contribution in [1.29, 1.82) is 0 Å². The highest BCUT2D eigenvalue weighted by Gasteiger charge is 1.99. The molecule has 0 saturated carbocycles. The van der Waals surface area contributed by atoms with Crippen LogP contribution in [0.25, 0.3) is 0 Å². The average Bonchev–Trinajstić information content (AvgIpc) is 3.18. The van der Waals surface area contributed by atoms with Crippen LogP contribution in [0.15, 0.2) is 12.7 Å². The second-order valence-electron chi connectivity index (χ2n) is 12.3. The van der Waals surface area contributed by atoms with Gasteiger partial charge in [0.1, 0.15) is 6.61 Å². The van der Waals surface area contributed by atoms with Gasteiger partial charge in [0.05, 0.1) is 152 Å². The van der Waals surface area contributed by atoms with E-state index in [0.717, 1.165) is 19.1 Å². The third-order valence-electron chi connectivity index (χ3n) is 7.62. The lowest BCUT2D eigenvalue weighted by atomic mass is 10.1. The normalized spacial score (nSPS) is 11.4. The van der Waals surface area contributed by atoms with Crippen LogP contribution in [0.1, 0.15) is 77.6 Å².